The third kappa shape index (κ3) is 2.87. The van der Waals surface area contributed by atoms with Gasteiger partial charge in [0.25, 0.3) is 0 Å². The number of likely N-dealkylation sites (tertiary alicyclic amines) is 1. The number of thiol groups is 1. The minimum absolute atomic E-state index is 0.00552. The van der Waals surface area contributed by atoms with Crippen LogP contribution in [0.1, 0.15) is 32.6 Å². The lowest BCUT2D eigenvalue weighted by Crippen LogP contribution is -2.56. The van der Waals surface area contributed by atoms with E-state index in [1.807, 2.05) is 6.92 Å². The van der Waals surface area contributed by atoms with Crippen LogP contribution in [0.5, 0.6) is 0 Å². The van der Waals surface area contributed by atoms with E-state index in [0.29, 0.717) is 12.2 Å². The van der Waals surface area contributed by atoms with Crippen molar-refractivity contribution in [1.82, 2.24) is 4.90 Å². The summed E-state index contributed by atoms with van der Waals surface area (Å²) >= 11 is 3.98. The topological polar surface area (TPSA) is 60.4 Å². The summed E-state index contributed by atoms with van der Waals surface area (Å²) in [5.74, 6) is -0.831. The Morgan fingerprint density at radius 3 is 2.67 bits per heavy atom. The number of amides is 1. The number of hydrogen-bond acceptors (Lipinski definition) is 4. The highest BCUT2D eigenvalue weighted by Crippen LogP contribution is 2.23. The lowest BCUT2D eigenvalue weighted by Gasteiger charge is -2.41. The number of carboxylic acid groups (broad SMARTS) is 1. The molecule has 0 unspecified atom stereocenters. The first kappa shape index (κ1) is 12.4. The molecule has 1 aliphatic heterocycles. The zero-order valence-electron chi connectivity index (χ0n) is 8.81. The number of nitrogens with zero attached hydrogens (tertiary/aromatic N) is 1. The predicted molar refractivity (Wildman–Crippen MR) is 57.4 cm³/mol. The Labute approximate surface area is 95.1 Å². The summed E-state index contributed by atoms with van der Waals surface area (Å²) in [6, 6.07) is -0.754. The minimum atomic E-state index is -1.14. The summed E-state index contributed by atoms with van der Waals surface area (Å²) in [5.41, 5.74) is 0. The van der Waals surface area contributed by atoms with Crippen LogP contribution in [0.2, 0.25) is 0 Å². The van der Waals surface area contributed by atoms with E-state index in [9.17, 15) is 14.7 Å². The molecule has 0 aromatic carbocycles. The summed E-state index contributed by atoms with van der Waals surface area (Å²) in [7, 11) is 0. The van der Waals surface area contributed by atoms with Crippen LogP contribution in [0.15, 0.2) is 0 Å². The van der Waals surface area contributed by atoms with Crippen molar-refractivity contribution in [2.45, 2.75) is 44.7 Å². The fourth-order valence-electron chi connectivity index (χ4n) is 2.07. The van der Waals surface area contributed by atoms with Crippen molar-refractivity contribution >= 4 is 24.5 Å². The van der Waals surface area contributed by atoms with Crippen LogP contribution in [-0.4, -0.2) is 34.6 Å². The van der Waals surface area contributed by atoms with Gasteiger partial charge in [-0.2, -0.15) is 12.6 Å². The summed E-state index contributed by atoms with van der Waals surface area (Å²) in [6.45, 7) is 1.88. The van der Waals surface area contributed by atoms with Crippen LogP contribution < -0.4 is 5.11 Å². The molecule has 0 aliphatic carbocycles. The van der Waals surface area contributed by atoms with Gasteiger partial charge in [-0.25, -0.2) is 0 Å². The van der Waals surface area contributed by atoms with E-state index in [4.69, 9.17) is 0 Å². The van der Waals surface area contributed by atoms with Crippen LogP contribution in [0.3, 0.4) is 0 Å². The maximum atomic E-state index is 11.7. The zero-order chi connectivity index (χ0) is 11.4. The zero-order valence-corrected chi connectivity index (χ0v) is 9.70. The molecular formula is C10H16NO3S-. The van der Waals surface area contributed by atoms with Gasteiger partial charge in [-0.05, 0) is 31.9 Å². The second kappa shape index (κ2) is 5.39. The first-order valence-corrected chi connectivity index (χ1v) is 5.84. The number of carbonyl (C=O) groups excluding carboxylic acids is 2. The summed E-state index contributed by atoms with van der Waals surface area (Å²) in [4.78, 5) is 24.1. The van der Waals surface area contributed by atoms with Crippen molar-refractivity contribution in [3.63, 3.8) is 0 Å². The van der Waals surface area contributed by atoms with Gasteiger partial charge in [-0.15, -0.1) is 0 Å². The molecule has 15 heavy (non-hydrogen) atoms. The molecule has 1 saturated heterocycles. The highest BCUT2D eigenvalue weighted by Gasteiger charge is 2.31. The Hall–Kier alpha value is -0.710. The van der Waals surface area contributed by atoms with Gasteiger partial charge in [-0.3, -0.25) is 4.79 Å². The summed E-state index contributed by atoms with van der Waals surface area (Å²) in [6.07, 6.45) is 2.49. The quantitative estimate of drug-likeness (QED) is 0.685. The number of carbonyl (C=O) groups is 2. The molecule has 0 radical (unpaired) electrons. The lowest BCUT2D eigenvalue weighted by molar-refractivity contribution is -0.312. The molecule has 0 spiro atoms. The molecule has 1 fully saturated rings. The third-order valence-corrected chi connectivity index (χ3v) is 3.02. The molecule has 1 aliphatic rings. The highest BCUT2D eigenvalue weighted by molar-refractivity contribution is 7.80. The normalized spacial score (nSPS) is 26.4. The second-order valence-corrected chi connectivity index (χ2v) is 4.34. The van der Waals surface area contributed by atoms with Crippen LogP contribution in [0.25, 0.3) is 0 Å². The summed E-state index contributed by atoms with van der Waals surface area (Å²) < 4.78 is 0. The maximum Gasteiger partial charge on any atom is 0.224 e. The van der Waals surface area contributed by atoms with Crippen molar-refractivity contribution in [3.8, 4) is 0 Å². The third-order valence-electron chi connectivity index (χ3n) is 2.80. The average Bonchev–Trinajstić information content (AvgIpc) is 2.17. The Morgan fingerprint density at radius 1 is 1.47 bits per heavy atom. The standard InChI is InChI=1S/C10H17NO3S/c1-7-3-2-4-8(10(13)14)11(7)9(12)5-6-15/h7-8,15H,2-6H2,1H3,(H,13,14)/p-1/t7-,8+/m1/s1. The van der Waals surface area contributed by atoms with Gasteiger partial charge in [0.1, 0.15) is 0 Å². The molecule has 0 bridgehead atoms. The molecule has 0 N–H and O–H groups in total. The number of carboxylic acids is 1. The summed E-state index contributed by atoms with van der Waals surface area (Å²) in [5, 5.41) is 10.9. The molecule has 1 rings (SSSR count). The van der Waals surface area contributed by atoms with Gasteiger partial charge in [0.2, 0.25) is 5.91 Å². The van der Waals surface area contributed by atoms with Crippen LogP contribution >= 0.6 is 12.6 Å². The molecule has 1 amide bonds. The Balaban J connectivity index is 2.76. The van der Waals surface area contributed by atoms with E-state index in [0.717, 1.165) is 12.8 Å². The minimum Gasteiger partial charge on any atom is -0.548 e. The van der Waals surface area contributed by atoms with E-state index < -0.39 is 12.0 Å². The molecular weight excluding hydrogens is 214 g/mol. The van der Waals surface area contributed by atoms with Gasteiger partial charge in [-0.1, -0.05) is 0 Å². The molecule has 0 aromatic rings. The van der Waals surface area contributed by atoms with E-state index in [1.165, 1.54) is 4.90 Å². The van der Waals surface area contributed by atoms with Crippen LogP contribution in [0.4, 0.5) is 0 Å². The fraction of sp³-hybridized carbons (Fsp3) is 0.800. The Morgan fingerprint density at radius 2 is 2.13 bits per heavy atom. The van der Waals surface area contributed by atoms with Crippen molar-refractivity contribution < 1.29 is 14.7 Å². The number of rotatable bonds is 3. The van der Waals surface area contributed by atoms with E-state index in [2.05, 4.69) is 12.6 Å². The lowest BCUT2D eigenvalue weighted by atomic mass is 9.96. The van der Waals surface area contributed by atoms with Gasteiger partial charge in [0.05, 0.1) is 12.0 Å². The molecule has 0 aromatic heterocycles. The van der Waals surface area contributed by atoms with Gasteiger partial charge in [0.15, 0.2) is 0 Å². The van der Waals surface area contributed by atoms with Crippen LogP contribution in [0, 0.1) is 0 Å². The van der Waals surface area contributed by atoms with E-state index in [1.54, 1.807) is 0 Å². The van der Waals surface area contributed by atoms with Crippen LogP contribution in [-0.2, 0) is 9.59 Å². The average molecular weight is 230 g/mol. The van der Waals surface area contributed by atoms with Gasteiger partial charge >= 0.3 is 0 Å². The smallest absolute Gasteiger partial charge is 0.224 e. The van der Waals surface area contributed by atoms with E-state index in [-0.39, 0.29) is 18.4 Å². The largest absolute Gasteiger partial charge is 0.548 e. The van der Waals surface area contributed by atoms with E-state index >= 15 is 0 Å². The van der Waals surface area contributed by atoms with Gasteiger partial charge < -0.3 is 14.8 Å². The number of piperidine rings is 1. The molecule has 5 heteroatoms. The fourth-order valence-corrected chi connectivity index (χ4v) is 2.26. The monoisotopic (exact) mass is 230 g/mol. The van der Waals surface area contributed by atoms with Crippen molar-refractivity contribution in [2.75, 3.05) is 5.75 Å². The first-order valence-electron chi connectivity index (χ1n) is 5.20. The molecule has 4 nitrogen and oxygen atoms in total. The number of hydrogen-bond donors (Lipinski definition) is 1. The molecule has 86 valence electrons. The molecule has 0 saturated carbocycles. The van der Waals surface area contributed by atoms with Crippen molar-refractivity contribution in [2.24, 2.45) is 0 Å². The van der Waals surface area contributed by atoms with Crippen molar-refractivity contribution in [3.05, 3.63) is 0 Å². The highest BCUT2D eigenvalue weighted by atomic mass is 32.1. The predicted octanol–water partition coefficient (Wildman–Crippen LogP) is -0.174. The SMILES string of the molecule is C[C@@H]1CCC[C@@H](C(=O)[O-])N1C(=O)CCS. The van der Waals surface area contributed by atoms with Gasteiger partial charge in [0, 0.05) is 12.5 Å². The Bertz CT molecular complexity index is 257. The van der Waals surface area contributed by atoms with Crippen molar-refractivity contribution in [1.29, 1.82) is 0 Å². The Kier molecular flexibility index (Phi) is 4.45. The molecule has 2 atom stereocenters. The maximum absolute atomic E-state index is 11.7. The molecule has 1 heterocycles. The second-order valence-electron chi connectivity index (χ2n) is 3.89. The number of aliphatic carboxylic acids is 1. The first-order chi connectivity index (χ1) is 7.07.